The van der Waals surface area contributed by atoms with Gasteiger partial charge in [-0.3, -0.25) is 4.79 Å². The minimum absolute atomic E-state index is 0.158. The Hall–Kier alpha value is -2.12. The smallest absolute Gasteiger partial charge is 0.257 e. The number of ether oxygens (including phenoxy) is 1. The van der Waals surface area contributed by atoms with Gasteiger partial charge in [0.2, 0.25) is 0 Å². The van der Waals surface area contributed by atoms with Crippen LogP contribution in [-0.4, -0.2) is 22.9 Å². The molecule has 0 aliphatic carbocycles. The van der Waals surface area contributed by atoms with Crippen molar-refractivity contribution in [1.29, 1.82) is 0 Å². The van der Waals surface area contributed by atoms with E-state index in [1.165, 1.54) is 17.3 Å². The van der Waals surface area contributed by atoms with Gasteiger partial charge >= 0.3 is 0 Å². The quantitative estimate of drug-likeness (QED) is 0.104. The fourth-order valence-electron chi connectivity index (χ4n) is 3.00. The zero-order valence-corrected chi connectivity index (χ0v) is 22.7. The topological polar surface area (TPSA) is 76.7 Å². The van der Waals surface area contributed by atoms with Gasteiger partial charge < -0.3 is 9.15 Å². The number of thioether (sulfide) groups is 1. The normalized spacial score (nSPS) is 11.2. The Bertz CT molecular complexity index is 1270. The predicted octanol–water partition coefficient (Wildman–Crippen LogP) is 6.17. The van der Waals surface area contributed by atoms with Crippen molar-refractivity contribution >= 4 is 80.2 Å². The third-order valence-electron chi connectivity index (χ3n) is 4.49. The highest BCUT2D eigenvalue weighted by Gasteiger charge is 2.10. The summed E-state index contributed by atoms with van der Waals surface area (Å²) in [6.45, 7) is 2.58. The minimum Gasteiger partial charge on any atom is -0.487 e. The molecule has 1 amide bonds. The first-order valence-corrected chi connectivity index (χ1v) is 13.1. The summed E-state index contributed by atoms with van der Waals surface area (Å²) in [5, 5.41) is 4.53. The Labute approximate surface area is 222 Å². The second kappa shape index (κ2) is 11.3. The monoisotopic (exact) mass is 683 g/mol. The van der Waals surface area contributed by atoms with E-state index >= 15 is 0 Å². The van der Waals surface area contributed by atoms with Gasteiger partial charge in [0.05, 0.1) is 19.1 Å². The third-order valence-corrected chi connectivity index (χ3v) is 6.92. The van der Waals surface area contributed by atoms with Crippen molar-refractivity contribution in [2.45, 2.75) is 18.8 Å². The molecular formula is C24H19I2N3O3S. The Morgan fingerprint density at radius 1 is 1.15 bits per heavy atom. The highest BCUT2D eigenvalue weighted by Crippen LogP contribution is 2.29. The van der Waals surface area contributed by atoms with Crippen LogP contribution in [0.2, 0.25) is 0 Å². The van der Waals surface area contributed by atoms with Crippen LogP contribution in [0.5, 0.6) is 5.75 Å². The van der Waals surface area contributed by atoms with Gasteiger partial charge in [-0.1, -0.05) is 53.7 Å². The van der Waals surface area contributed by atoms with E-state index < -0.39 is 0 Å². The van der Waals surface area contributed by atoms with Gasteiger partial charge in [0.1, 0.15) is 17.9 Å². The number of carbonyl (C=O) groups excluding carboxylic acids is 1. The van der Waals surface area contributed by atoms with Gasteiger partial charge in [-0.25, -0.2) is 10.4 Å². The molecule has 0 bridgehead atoms. The van der Waals surface area contributed by atoms with E-state index in [1.54, 1.807) is 6.21 Å². The number of carbonyl (C=O) groups is 1. The number of aryl methyl sites for hydroxylation is 1. The van der Waals surface area contributed by atoms with Crippen LogP contribution >= 0.6 is 56.9 Å². The van der Waals surface area contributed by atoms with Crippen molar-refractivity contribution in [3.8, 4) is 5.75 Å². The molecule has 6 nitrogen and oxygen atoms in total. The summed E-state index contributed by atoms with van der Waals surface area (Å²) in [6, 6.07) is 19.7. The third kappa shape index (κ3) is 6.70. The molecule has 9 heteroatoms. The molecule has 0 saturated carbocycles. The van der Waals surface area contributed by atoms with E-state index in [0.29, 0.717) is 17.4 Å². The van der Waals surface area contributed by atoms with Crippen LogP contribution in [0.4, 0.5) is 0 Å². The second-order valence-corrected chi connectivity index (χ2v) is 10.4. The maximum Gasteiger partial charge on any atom is 0.257 e. The van der Waals surface area contributed by atoms with Crippen LogP contribution in [0.1, 0.15) is 16.7 Å². The van der Waals surface area contributed by atoms with E-state index in [4.69, 9.17) is 9.15 Å². The first-order valence-electron chi connectivity index (χ1n) is 9.95. The van der Waals surface area contributed by atoms with Crippen LogP contribution in [0.15, 0.2) is 75.4 Å². The molecular weight excluding hydrogens is 664 g/mol. The van der Waals surface area contributed by atoms with E-state index in [0.717, 1.165) is 29.5 Å². The summed E-state index contributed by atoms with van der Waals surface area (Å²) < 4.78 is 13.6. The highest BCUT2D eigenvalue weighted by atomic mass is 127. The number of hydrazone groups is 1. The molecule has 4 aromatic rings. The molecule has 0 aliphatic rings. The molecule has 0 aliphatic heterocycles. The standard InChI is InChI=1S/C24H19I2N3O3S/c1-15-5-4-6-16(9-15)13-31-23-18(25)10-17(11-19(23)26)12-27-29-22(30)14-33-24-28-20-7-2-3-8-21(20)32-24/h2-12H,13-14H2,1H3,(H,29,30)/b27-12-. The molecule has 0 unspecified atom stereocenters. The number of aromatic nitrogens is 1. The largest absolute Gasteiger partial charge is 0.487 e. The first-order chi connectivity index (χ1) is 16.0. The number of amides is 1. The van der Waals surface area contributed by atoms with Gasteiger partial charge in [0, 0.05) is 0 Å². The number of oxazole rings is 1. The van der Waals surface area contributed by atoms with Gasteiger partial charge in [-0.05, 0) is 87.5 Å². The first kappa shape index (κ1) is 24.0. The average molecular weight is 683 g/mol. The number of nitrogens with one attached hydrogen (secondary N) is 1. The fraction of sp³-hybridized carbons (Fsp3) is 0.125. The summed E-state index contributed by atoms with van der Waals surface area (Å²) in [6.07, 6.45) is 1.62. The Morgan fingerprint density at radius 3 is 2.70 bits per heavy atom. The number of hydrogen-bond acceptors (Lipinski definition) is 6. The lowest BCUT2D eigenvalue weighted by molar-refractivity contribution is -0.118. The summed E-state index contributed by atoms with van der Waals surface area (Å²) in [5.74, 6) is 0.764. The summed E-state index contributed by atoms with van der Waals surface area (Å²) in [5.41, 5.74) is 7.23. The zero-order chi connectivity index (χ0) is 23.2. The van der Waals surface area contributed by atoms with Crippen molar-refractivity contribution in [2.75, 3.05) is 5.75 Å². The molecule has 1 aromatic heterocycles. The number of rotatable bonds is 8. The van der Waals surface area contributed by atoms with Crippen molar-refractivity contribution in [3.63, 3.8) is 0 Å². The maximum absolute atomic E-state index is 12.1. The molecule has 0 fully saturated rings. The van der Waals surface area contributed by atoms with Crippen molar-refractivity contribution in [1.82, 2.24) is 10.4 Å². The molecule has 0 radical (unpaired) electrons. The SMILES string of the molecule is Cc1cccc(COc2c(I)cc(/C=N\NC(=O)CSc3nc4ccccc4o3)cc2I)c1. The highest BCUT2D eigenvalue weighted by molar-refractivity contribution is 14.1. The molecule has 0 saturated heterocycles. The lowest BCUT2D eigenvalue weighted by atomic mass is 10.1. The van der Waals surface area contributed by atoms with Crippen molar-refractivity contribution in [2.24, 2.45) is 5.10 Å². The minimum atomic E-state index is -0.235. The molecule has 168 valence electrons. The van der Waals surface area contributed by atoms with E-state index in [9.17, 15) is 4.79 Å². The van der Waals surface area contributed by atoms with Crippen molar-refractivity contribution < 1.29 is 13.9 Å². The number of benzene rings is 3. The average Bonchev–Trinajstić information content (AvgIpc) is 3.20. The molecule has 4 rings (SSSR count). The fourth-order valence-corrected chi connectivity index (χ4v) is 5.76. The summed E-state index contributed by atoms with van der Waals surface area (Å²) in [7, 11) is 0. The van der Waals surface area contributed by atoms with Crippen LogP contribution in [0.25, 0.3) is 11.1 Å². The summed E-state index contributed by atoms with van der Waals surface area (Å²) >= 11 is 5.73. The maximum atomic E-state index is 12.1. The molecule has 0 spiro atoms. The molecule has 3 aromatic carbocycles. The second-order valence-electron chi connectivity index (χ2n) is 7.12. The van der Waals surface area contributed by atoms with E-state index in [1.807, 2.05) is 42.5 Å². The number of para-hydroxylation sites is 2. The van der Waals surface area contributed by atoms with Gasteiger partial charge in [-0.15, -0.1) is 0 Å². The number of nitrogens with zero attached hydrogens (tertiary/aromatic N) is 2. The van der Waals surface area contributed by atoms with Gasteiger partial charge in [0.25, 0.3) is 11.1 Å². The molecule has 0 atom stereocenters. The lowest BCUT2D eigenvalue weighted by Crippen LogP contribution is -2.19. The number of hydrogen-bond donors (Lipinski definition) is 1. The zero-order valence-electron chi connectivity index (χ0n) is 17.5. The van der Waals surface area contributed by atoms with Crippen molar-refractivity contribution in [3.05, 3.63) is 84.5 Å². The lowest BCUT2D eigenvalue weighted by Gasteiger charge is -2.12. The van der Waals surface area contributed by atoms with E-state index in [2.05, 4.69) is 85.8 Å². The predicted molar refractivity (Wildman–Crippen MR) is 148 cm³/mol. The van der Waals surface area contributed by atoms with Gasteiger partial charge in [-0.2, -0.15) is 5.10 Å². The molecule has 1 N–H and O–H groups in total. The van der Waals surface area contributed by atoms with Crippen LogP contribution < -0.4 is 10.2 Å². The van der Waals surface area contributed by atoms with E-state index in [-0.39, 0.29) is 11.7 Å². The van der Waals surface area contributed by atoms with Crippen LogP contribution in [-0.2, 0) is 11.4 Å². The molecule has 1 heterocycles. The molecule has 33 heavy (non-hydrogen) atoms. The Kier molecular flexibility index (Phi) is 8.25. The van der Waals surface area contributed by atoms with Gasteiger partial charge in [0.15, 0.2) is 5.58 Å². The Balaban J connectivity index is 1.30. The number of halogens is 2. The van der Waals surface area contributed by atoms with Crippen LogP contribution in [0.3, 0.4) is 0 Å². The Morgan fingerprint density at radius 2 is 1.94 bits per heavy atom. The summed E-state index contributed by atoms with van der Waals surface area (Å²) in [4.78, 5) is 16.5. The number of fused-ring (bicyclic) bond motifs is 1. The van der Waals surface area contributed by atoms with Crippen LogP contribution in [0, 0.1) is 14.1 Å².